The Labute approximate surface area is 184 Å². The van der Waals surface area contributed by atoms with Gasteiger partial charge in [0.2, 0.25) is 11.8 Å². The van der Waals surface area contributed by atoms with Crippen LogP contribution in [0.4, 0.5) is 0 Å². The molecule has 2 atom stereocenters. The van der Waals surface area contributed by atoms with E-state index in [9.17, 15) is 14.7 Å². The molecule has 2 amide bonds. The maximum atomic E-state index is 12.1. The lowest BCUT2D eigenvalue weighted by molar-refractivity contribution is -0.122. The van der Waals surface area contributed by atoms with Crippen LogP contribution < -0.4 is 10.6 Å². The number of carbonyl (C=O) groups excluding carboxylic acids is 2. The summed E-state index contributed by atoms with van der Waals surface area (Å²) in [7, 11) is 0. The van der Waals surface area contributed by atoms with Crippen LogP contribution in [0.2, 0.25) is 0 Å². The summed E-state index contributed by atoms with van der Waals surface area (Å²) in [6.07, 6.45) is 15.2. The molecule has 0 aromatic heterocycles. The third kappa shape index (κ3) is 17.2. The maximum absolute atomic E-state index is 12.1. The van der Waals surface area contributed by atoms with E-state index in [1.54, 1.807) is 0 Å². The molecule has 0 aliphatic carbocycles. The number of nitrogens with zero attached hydrogens (tertiary/aromatic N) is 1. The number of amides is 2. The highest BCUT2D eigenvalue weighted by Crippen LogP contribution is 2.00. The number of allylic oxidation sites excluding steroid dienone is 4. The minimum absolute atomic E-state index is 0.0183. The highest BCUT2D eigenvalue weighted by atomic mass is 16.3. The van der Waals surface area contributed by atoms with Gasteiger partial charge in [0, 0.05) is 44.6 Å². The summed E-state index contributed by atoms with van der Waals surface area (Å²) in [5, 5.41) is 15.4. The normalized spacial score (nSPS) is 13.8. The van der Waals surface area contributed by atoms with Crippen molar-refractivity contribution in [1.82, 2.24) is 15.5 Å². The molecule has 0 fully saturated rings. The van der Waals surface area contributed by atoms with Crippen molar-refractivity contribution in [2.45, 2.75) is 91.1 Å². The molecule has 6 heteroatoms. The van der Waals surface area contributed by atoms with Gasteiger partial charge in [0.15, 0.2) is 0 Å². The number of aliphatic hydroxyl groups excluding tert-OH is 1. The van der Waals surface area contributed by atoms with Crippen LogP contribution in [-0.2, 0) is 9.59 Å². The Bertz CT molecular complexity index is 464. The predicted octanol–water partition coefficient (Wildman–Crippen LogP) is 3.56. The standard InChI is InChI=1S/C24H45N3O3/c1-5-7-9-11-13-15-23(29)25-21(3)19-27(17-18-28)20-22(4)26-24(30)16-14-12-10-8-6-2/h9-12,21-22,28H,5-8,13-20H2,1-4H3,(H,25,29)(H,26,30)/b11-9+,12-10+. The van der Waals surface area contributed by atoms with Crippen LogP contribution >= 0.6 is 0 Å². The average Bonchev–Trinajstić information content (AvgIpc) is 2.67. The highest BCUT2D eigenvalue weighted by Gasteiger charge is 2.16. The number of unbranched alkanes of at least 4 members (excludes halogenated alkanes) is 2. The van der Waals surface area contributed by atoms with Crippen LogP contribution in [0.1, 0.15) is 79.1 Å². The molecule has 0 saturated heterocycles. The highest BCUT2D eigenvalue weighted by molar-refractivity contribution is 5.76. The Morgan fingerprint density at radius 3 is 1.57 bits per heavy atom. The molecule has 0 spiro atoms. The molecule has 0 saturated carbocycles. The molecular formula is C24H45N3O3. The van der Waals surface area contributed by atoms with Crippen molar-refractivity contribution >= 4 is 11.8 Å². The molecule has 6 nitrogen and oxygen atoms in total. The molecule has 0 aromatic carbocycles. The van der Waals surface area contributed by atoms with Gasteiger partial charge in [0.05, 0.1) is 6.61 Å². The summed E-state index contributed by atoms with van der Waals surface area (Å²) in [5.41, 5.74) is 0. The lowest BCUT2D eigenvalue weighted by Gasteiger charge is -2.28. The molecule has 0 aliphatic heterocycles. The zero-order valence-electron chi connectivity index (χ0n) is 19.7. The minimum Gasteiger partial charge on any atom is -0.395 e. The fourth-order valence-corrected chi connectivity index (χ4v) is 3.19. The van der Waals surface area contributed by atoms with E-state index in [1.807, 2.05) is 13.8 Å². The molecule has 0 heterocycles. The van der Waals surface area contributed by atoms with Gasteiger partial charge in [-0.25, -0.2) is 0 Å². The second-order valence-corrected chi connectivity index (χ2v) is 8.02. The van der Waals surface area contributed by atoms with Crippen molar-refractivity contribution in [1.29, 1.82) is 0 Å². The zero-order chi connectivity index (χ0) is 22.6. The van der Waals surface area contributed by atoms with Crippen molar-refractivity contribution in [3.8, 4) is 0 Å². The number of rotatable bonds is 18. The largest absolute Gasteiger partial charge is 0.395 e. The Morgan fingerprint density at radius 1 is 0.800 bits per heavy atom. The summed E-state index contributed by atoms with van der Waals surface area (Å²) in [6, 6.07) is -0.0365. The van der Waals surface area contributed by atoms with Crippen LogP contribution in [0.5, 0.6) is 0 Å². The lowest BCUT2D eigenvalue weighted by atomic mass is 10.2. The summed E-state index contributed by atoms with van der Waals surface area (Å²) in [6.45, 7) is 10.0. The van der Waals surface area contributed by atoms with Crippen molar-refractivity contribution in [2.75, 3.05) is 26.2 Å². The fourth-order valence-electron chi connectivity index (χ4n) is 3.19. The number of hydrogen-bond donors (Lipinski definition) is 3. The molecule has 174 valence electrons. The first-order valence-electron chi connectivity index (χ1n) is 11.6. The monoisotopic (exact) mass is 423 g/mol. The van der Waals surface area contributed by atoms with E-state index in [0.29, 0.717) is 32.5 Å². The van der Waals surface area contributed by atoms with E-state index in [0.717, 1.165) is 38.5 Å². The number of aliphatic hydroxyl groups is 1. The quantitative estimate of drug-likeness (QED) is 0.294. The van der Waals surface area contributed by atoms with Gasteiger partial charge in [0.25, 0.3) is 0 Å². The van der Waals surface area contributed by atoms with E-state index in [1.165, 1.54) is 0 Å². The van der Waals surface area contributed by atoms with Crippen molar-refractivity contribution in [3.63, 3.8) is 0 Å². The van der Waals surface area contributed by atoms with Crippen LogP contribution in [-0.4, -0.2) is 60.1 Å². The summed E-state index contributed by atoms with van der Waals surface area (Å²) < 4.78 is 0. The number of carbonyl (C=O) groups is 2. The Morgan fingerprint density at radius 2 is 1.20 bits per heavy atom. The molecule has 3 N–H and O–H groups in total. The first kappa shape index (κ1) is 28.3. The van der Waals surface area contributed by atoms with Crippen molar-refractivity contribution < 1.29 is 14.7 Å². The van der Waals surface area contributed by atoms with Crippen molar-refractivity contribution in [3.05, 3.63) is 24.3 Å². The Kier molecular flexibility index (Phi) is 18.2. The second kappa shape index (κ2) is 19.3. The Balaban J connectivity index is 4.27. The average molecular weight is 424 g/mol. The van der Waals surface area contributed by atoms with Crippen LogP contribution in [0, 0.1) is 0 Å². The first-order chi connectivity index (χ1) is 14.4. The van der Waals surface area contributed by atoms with Gasteiger partial charge >= 0.3 is 0 Å². The molecule has 0 aliphatic rings. The van der Waals surface area contributed by atoms with E-state index in [4.69, 9.17) is 0 Å². The maximum Gasteiger partial charge on any atom is 0.220 e. The summed E-state index contributed by atoms with van der Waals surface area (Å²) in [5.74, 6) is 0.0927. The van der Waals surface area contributed by atoms with Gasteiger partial charge in [-0.05, 0) is 39.5 Å². The summed E-state index contributed by atoms with van der Waals surface area (Å²) in [4.78, 5) is 26.2. The smallest absolute Gasteiger partial charge is 0.220 e. The zero-order valence-corrected chi connectivity index (χ0v) is 19.7. The Hall–Kier alpha value is -1.66. The number of nitrogens with one attached hydrogen (secondary N) is 2. The lowest BCUT2D eigenvalue weighted by Crippen LogP contribution is -2.48. The van der Waals surface area contributed by atoms with Gasteiger partial charge in [-0.15, -0.1) is 0 Å². The van der Waals surface area contributed by atoms with E-state index >= 15 is 0 Å². The van der Waals surface area contributed by atoms with E-state index in [-0.39, 0.29) is 30.5 Å². The molecule has 0 aromatic rings. The van der Waals surface area contributed by atoms with Gasteiger partial charge in [-0.2, -0.15) is 0 Å². The van der Waals surface area contributed by atoms with Gasteiger partial charge < -0.3 is 15.7 Å². The third-order valence-electron chi connectivity index (χ3n) is 4.62. The van der Waals surface area contributed by atoms with Gasteiger partial charge in [-0.1, -0.05) is 51.0 Å². The van der Waals surface area contributed by atoms with Gasteiger partial charge in [-0.3, -0.25) is 14.5 Å². The van der Waals surface area contributed by atoms with Gasteiger partial charge in [0.1, 0.15) is 0 Å². The van der Waals surface area contributed by atoms with Crippen LogP contribution in [0.3, 0.4) is 0 Å². The molecule has 0 radical (unpaired) electrons. The SMILES string of the molecule is CCC/C=C/CCC(=O)NC(C)CN(CCO)CC(C)NC(=O)CC/C=C/CCC. The van der Waals surface area contributed by atoms with Crippen molar-refractivity contribution in [2.24, 2.45) is 0 Å². The van der Waals surface area contributed by atoms with Crippen LogP contribution in [0.15, 0.2) is 24.3 Å². The molecular weight excluding hydrogens is 378 g/mol. The molecule has 30 heavy (non-hydrogen) atoms. The topological polar surface area (TPSA) is 81.7 Å². The minimum atomic E-state index is -0.0183. The fraction of sp³-hybridized carbons (Fsp3) is 0.750. The summed E-state index contributed by atoms with van der Waals surface area (Å²) >= 11 is 0. The number of hydrogen-bond acceptors (Lipinski definition) is 4. The first-order valence-corrected chi connectivity index (χ1v) is 11.6. The van der Waals surface area contributed by atoms with E-state index in [2.05, 4.69) is 53.7 Å². The second-order valence-electron chi connectivity index (χ2n) is 8.02. The molecule has 2 unspecified atom stereocenters. The third-order valence-corrected chi connectivity index (χ3v) is 4.62. The molecule has 0 bridgehead atoms. The van der Waals surface area contributed by atoms with E-state index < -0.39 is 0 Å². The van der Waals surface area contributed by atoms with Crippen LogP contribution in [0.25, 0.3) is 0 Å². The molecule has 0 rings (SSSR count). The predicted molar refractivity (Wildman–Crippen MR) is 125 cm³/mol.